The number of fused-ring (bicyclic) bond motifs is 1. The van der Waals surface area contributed by atoms with E-state index in [4.69, 9.17) is 14.2 Å². The van der Waals surface area contributed by atoms with E-state index in [-0.39, 0.29) is 12.0 Å². The second-order valence-electron chi connectivity index (χ2n) is 7.24. The van der Waals surface area contributed by atoms with Crippen LogP contribution in [0.15, 0.2) is 12.1 Å². The van der Waals surface area contributed by atoms with Crippen LogP contribution in [-0.4, -0.2) is 50.0 Å². The Hall–Kier alpha value is -1.97. The van der Waals surface area contributed by atoms with Crippen molar-refractivity contribution in [3.63, 3.8) is 0 Å². The fourth-order valence-electron chi connectivity index (χ4n) is 4.73. The van der Waals surface area contributed by atoms with Gasteiger partial charge in [0, 0.05) is 18.5 Å². The molecule has 3 atom stereocenters. The van der Waals surface area contributed by atoms with Gasteiger partial charge in [0.25, 0.3) is 0 Å². The van der Waals surface area contributed by atoms with Gasteiger partial charge in [0.15, 0.2) is 11.5 Å². The van der Waals surface area contributed by atoms with Gasteiger partial charge in [-0.25, -0.2) is 0 Å². The van der Waals surface area contributed by atoms with Crippen molar-refractivity contribution in [3.05, 3.63) is 17.7 Å². The molecule has 0 spiro atoms. The lowest BCUT2D eigenvalue weighted by Gasteiger charge is -2.52. The van der Waals surface area contributed by atoms with Gasteiger partial charge in [-0.05, 0) is 37.0 Å². The maximum Gasteiger partial charge on any atom is 0.203 e. The van der Waals surface area contributed by atoms with Gasteiger partial charge in [-0.1, -0.05) is 12.8 Å². The van der Waals surface area contributed by atoms with Crippen molar-refractivity contribution in [1.29, 1.82) is 5.26 Å². The smallest absolute Gasteiger partial charge is 0.203 e. The molecule has 142 valence electrons. The van der Waals surface area contributed by atoms with Gasteiger partial charge in [0.2, 0.25) is 5.75 Å². The number of hydrogen-bond donors (Lipinski definition) is 1. The maximum atomic E-state index is 11.3. The van der Waals surface area contributed by atoms with Crippen LogP contribution < -0.4 is 14.2 Å². The zero-order valence-corrected chi connectivity index (χ0v) is 15.8. The second kappa shape index (κ2) is 7.73. The summed E-state index contributed by atoms with van der Waals surface area (Å²) in [6.45, 7) is 1.05. The van der Waals surface area contributed by atoms with Gasteiger partial charge in [-0.3, -0.25) is 4.90 Å². The molecule has 1 aliphatic heterocycles. The number of piperidine rings is 1. The number of nitriles is 1. The minimum absolute atomic E-state index is 0.0394. The van der Waals surface area contributed by atoms with Crippen LogP contribution in [0.2, 0.25) is 0 Å². The fraction of sp³-hybridized carbons (Fsp3) is 0.650. The summed E-state index contributed by atoms with van der Waals surface area (Å²) >= 11 is 0. The molecule has 1 N–H and O–H groups in total. The number of hydrogen-bond acceptors (Lipinski definition) is 6. The Labute approximate surface area is 155 Å². The fourth-order valence-corrected chi connectivity index (χ4v) is 4.73. The molecular weight excluding hydrogens is 332 g/mol. The van der Waals surface area contributed by atoms with Crippen molar-refractivity contribution in [1.82, 2.24) is 4.90 Å². The molecule has 1 heterocycles. The van der Waals surface area contributed by atoms with Gasteiger partial charge < -0.3 is 19.3 Å². The van der Waals surface area contributed by atoms with Gasteiger partial charge >= 0.3 is 0 Å². The summed E-state index contributed by atoms with van der Waals surface area (Å²) in [4.78, 5) is 2.17. The normalized spacial score (nSPS) is 28.7. The average Bonchev–Trinajstić information content (AvgIpc) is 2.66. The van der Waals surface area contributed by atoms with Crippen molar-refractivity contribution in [2.75, 3.05) is 34.4 Å². The van der Waals surface area contributed by atoms with E-state index in [1.54, 1.807) is 21.3 Å². The summed E-state index contributed by atoms with van der Waals surface area (Å²) in [6, 6.07) is 6.15. The summed E-state index contributed by atoms with van der Waals surface area (Å²) in [5, 5.41) is 20.6. The van der Waals surface area contributed by atoms with Gasteiger partial charge in [0.1, 0.15) is 0 Å². The summed E-state index contributed by atoms with van der Waals surface area (Å²) in [6.07, 6.45) is 4.68. The Morgan fingerprint density at radius 2 is 1.85 bits per heavy atom. The molecule has 1 aliphatic carbocycles. The number of ether oxygens (including phenoxy) is 3. The zero-order valence-electron chi connectivity index (χ0n) is 15.8. The van der Waals surface area contributed by atoms with Crippen LogP contribution in [-0.2, 0) is 0 Å². The summed E-state index contributed by atoms with van der Waals surface area (Å²) in [7, 11) is 4.79. The first-order valence-corrected chi connectivity index (χ1v) is 9.21. The van der Waals surface area contributed by atoms with E-state index in [1.807, 2.05) is 12.1 Å². The quantitative estimate of drug-likeness (QED) is 0.814. The Kier molecular flexibility index (Phi) is 5.59. The lowest BCUT2D eigenvalue weighted by atomic mass is 9.66. The first-order chi connectivity index (χ1) is 12.6. The molecule has 3 rings (SSSR count). The number of likely N-dealkylation sites (tertiary alicyclic amines) is 1. The van der Waals surface area contributed by atoms with Crippen LogP contribution in [0, 0.1) is 17.2 Å². The van der Waals surface area contributed by atoms with E-state index in [0.717, 1.165) is 37.7 Å². The SMILES string of the molecule is COc1cc([C@H]2[C@H]3CCCC[C@@]3(O)CCN2CC#N)cc(OC)c1OC. The topological polar surface area (TPSA) is 75.0 Å². The molecule has 1 saturated heterocycles. The third-order valence-electron chi connectivity index (χ3n) is 5.97. The van der Waals surface area contributed by atoms with E-state index in [9.17, 15) is 10.4 Å². The molecule has 6 nitrogen and oxygen atoms in total. The molecule has 0 bridgehead atoms. The van der Waals surface area contributed by atoms with E-state index < -0.39 is 5.60 Å². The lowest BCUT2D eigenvalue weighted by molar-refractivity contribution is -0.121. The first kappa shape index (κ1) is 18.8. The van der Waals surface area contributed by atoms with E-state index in [2.05, 4.69) is 11.0 Å². The highest BCUT2D eigenvalue weighted by molar-refractivity contribution is 5.54. The van der Waals surface area contributed by atoms with Crippen molar-refractivity contribution in [3.8, 4) is 23.3 Å². The maximum absolute atomic E-state index is 11.3. The van der Waals surface area contributed by atoms with Gasteiger partial charge in [0.05, 0.1) is 39.5 Å². The van der Waals surface area contributed by atoms with E-state index in [0.29, 0.717) is 30.3 Å². The molecule has 1 aromatic carbocycles. The van der Waals surface area contributed by atoms with Crippen LogP contribution in [0.25, 0.3) is 0 Å². The van der Waals surface area contributed by atoms with Crippen LogP contribution in [0.4, 0.5) is 0 Å². The zero-order chi connectivity index (χ0) is 18.7. The molecule has 0 amide bonds. The molecule has 0 aromatic heterocycles. The molecule has 26 heavy (non-hydrogen) atoms. The Morgan fingerprint density at radius 1 is 1.15 bits per heavy atom. The van der Waals surface area contributed by atoms with Crippen LogP contribution in [0.5, 0.6) is 17.2 Å². The molecule has 1 aromatic rings. The third-order valence-corrected chi connectivity index (χ3v) is 5.97. The monoisotopic (exact) mass is 360 g/mol. The highest BCUT2D eigenvalue weighted by atomic mass is 16.5. The second-order valence-corrected chi connectivity index (χ2v) is 7.24. The van der Waals surface area contributed by atoms with Crippen molar-refractivity contribution in [2.24, 2.45) is 5.92 Å². The highest BCUT2D eigenvalue weighted by Crippen LogP contribution is 2.51. The standard InChI is InChI=1S/C20H28N2O4/c1-24-16-12-14(13-17(25-2)19(16)26-3)18-15-6-4-5-7-20(15,23)8-10-22(18)11-9-21/h12-13,15,18,23H,4-8,10-11H2,1-3H3/t15-,18+,20-/m1/s1. The summed E-state index contributed by atoms with van der Waals surface area (Å²) in [5.41, 5.74) is 0.342. The number of rotatable bonds is 5. The van der Waals surface area contributed by atoms with Crippen LogP contribution >= 0.6 is 0 Å². The molecule has 2 aliphatic rings. The van der Waals surface area contributed by atoms with E-state index in [1.165, 1.54) is 0 Å². The Balaban J connectivity index is 2.08. The molecule has 6 heteroatoms. The molecule has 0 unspecified atom stereocenters. The molecule has 2 fully saturated rings. The van der Waals surface area contributed by atoms with Gasteiger partial charge in [-0.2, -0.15) is 5.26 Å². The minimum atomic E-state index is -0.657. The number of methoxy groups -OCH3 is 3. The van der Waals surface area contributed by atoms with Crippen LogP contribution in [0.3, 0.4) is 0 Å². The summed E-state index contributed by atoms with van der Waals surface area (Å²) in [5.74, 6) is 1.86. The molecular formula is C20H28N2O4. The predicted octanol–water partition coefficient (Wildman–Crippen LogP) is 2.90. The average molecular weight is 360 g/mol. The first-order valence-electron chi connectivity index (χ1n) is 9.21. The Morgan fingerprint density at radius 3 is 2.42 bits per heavy atom. The number of nitrogens with zero attached hydrogens (tertiary/aromatic N) is 2. The van der Waals surface area contributed by atoms with Gasteiger partial charge in [-0.15, -0.1) is 0 Å². The number of aliphatic hydroxyl groups is 1. The third kappa shape index (κ3) is 3.22. The predicted molar refractivity (Wildman–Crippen MR) is 97.5 cm³/mol. The van der Waals surface area contributed by atoms with E-state index >= 15 is 0 Å². The minimum Gasteiger partial charge on any atom is -0.493 e. The van der Waals surface area contributed by atoms with Crippen molar-refractivity contribution in [2.45, 2.75) is 43.7 Å². The lowest BCUT2D eigenvalue weighted by Crippen LogP contribution is -2.54. The van der Waals surface area contributed by atoms with Crippen LogP contribution in [0.1, 0.15) is 43.7 Å². The summed E-state index contributed by atoms with van der Waals surface area (Å²) < 4.78 is 16.5. The molecule has 1 saturated carbocycles. The molecule has 0 radical (unpaired) electrons. The van der Waals surface area contributed by atoms with Crippen molar-refractivity contribution < 1.29 is 19.3 Å². The number of benzene rings is 1. The Bertz CT molecular complexity index is 662. The highest BCUT2D eigenvalue weighted by Gasteiger charge is 2.49. The van der Waals surface area contributed by atoms with Crippen molar-refractivity contribution >= 4 is 0 Å². The largest absolute Gasteiger partial charge is 0.493 e.